The molecule has 12 atom stereocenters. The highest BCUT2D eigenvalue weighted by Crippen LogP contribution is 2.28. The minimum atomic E-state index is -1.48. The van der Waals surface area contributed by atoms with Gasteiger partial charge in [0.05, 0.1) is 37.1 Å². The molecule has 0 aromatic heterocycles. The van der Waals surface area contributed by atoms with Crippen LogP contribution in [0.25, 0.3) is 0 Å². The van der Waals surface area contributed by atoms with Gasteiger partial charge >= 0.3 is 0 Å². The van der Waals surface area contributed by atoms with Gasteiger partial charge in [-0.2, -0.15) is 0 Å². The molecular formula is C111H226N2O9-2. The largest absolute Gasteiger partial charge is 0.839 e. The minimum absolute atomic E-state index is 0.0839. The number of hydrogen-bond donors (Lipinski definition) is 8. The Morgan fingerprint density at radius 3 is 0.615 bits per heavy atom. The number of unbranched alkanes of at least 4 members (excludes halogenated alkanes) is 79. The van der Waals surface area contributed by atoms with E-state index < -0.39 is 49.2 Å². The first-order chi connectivity index (χ1) is 59.8. The summed E-state index contributed by atoms with van der Waals surface area (Å²) in [6.45, 7) is 17.4. The highest BCUT2D eigenvalue weighted by atomic mass is 16.6. The van der Waals surface area contributed by atoms with Gasteiger partial charge in [-0.05, 0) is 56.6 Å². The van der Waals surface area contributed by atoms with Crippen LogP contribution >= 0.6 is 0 Å². The first-order valence-corrected chi connectivity index (χ1v) is 56.3. The van der Waals surface area contributed by atoms with Crippen molar-refractivity contribution in [2.75, 3.05) is 6.61 Å². The second-order valence-corrected chi connectivity index (χ2v) is 39.9. The van der Waals surface area contributed by atoms with E-state index in [4.69, 9.17) is 4.74 Å². The van der Waals surface area contributed by atoms with Crippen molar-refractivity contribution >= 4 is 0 Å². The van der Waals surface area contributed by atoms with Gasteiger partial charge in [0, 0.05) is 18.4 Å². The fraction of sp³-hybridized carbons (Fsp3) is 1.00. The molecule has 0 rings (SSSR count). The third-order valence-electron chi connectivity index (χ3n) is 28.0. The molecule has 0 aliphatic rings. The monoisotopic (exact) mass is 1730 g/mol. The van der Waals surface area contributed by atoms with Gasteiger partial charge in [0.1, 0.15) is 6.23 Å². The zero-order valence-corrected chi connectivity index (χ0v) is 84.2. The first kappa shape index (κ1) is 124. The summed E-state index contributed by atoms with van der Waals surface area (Å²) >= 11 is 0. The van der Waals surface area contributed by atoms with Crippen molar-refractivity contribution in [3.8, 4) is 0 Å². The van der Waals surface area contributed by atoms with E-state index in [2.05, 4.69) is 59.1 Å². The van der Waals surface area contributed by atoms with Crippen molar-refractivity contribution in [3.63, 3.8) is 0 Å². The Hall–Kier alpha value is -0.440. The second-order valence-electron chi connectivity index (χ2n) is 39.9. The number of aliphatic hydroxyl groups excluding tert-OH is 6. The minimum Gasteiger partial charge on any atom is -0.839 e. The molecule has 0 saturated carbocycles. The van der Waals surface area contributed by atoms with E-state index in [1.54, 1.807) is 0 Å². The summed E-state index contributed by atoms with van der Waals surface area (Å²) in [5.41, 5.74) is 0. The zero-order chi connectivity index (χ0) is 89.4. The normalized spacial score (nSPS) is 15.0. The van der Waals surface area contributed by atoms with Crippen LogP contribution in [-0.4, -0.2) is 98.6 Å². The van der Waals surface area contributed by atoms with Crippen LogP contribution in [0.4, 0.5) is 0 Å². The van der Waals surface area contributed by atoms with E-state index in [9.17, 15) is 40.9 Å². The predicted molar refractivity (Wildman–Crippen MR) is 531 cm³/mol. The third-order valence-corrected chi connectivity index (χ3v) is 28.0. The van der Waals surface area contributed by atoms with Crippen LogP contribution in [-0.2, 0) is 4.74 Å². The molecule has 0 amide bonds. The molecule has 0 aliphatic heterocycles. The van der Waals surface area contributed by atoms with Crippen LogP contribution in [0.1, 0.15) is 633 Å². The summed E-state index contributed by atoms with van der Waals surface area (Å²) in [4.78, 5) is 0. The van der Waals surface area contributed by atoms with Crippen molar-refractivity contribution in [2.45, 2.75) is 695 Å². The van der Waals surface area contributed by atoms with Crippen molar-refractivity contribution in [1.82, 2.24) is 10.6 Å². The molecule has 0 saturated heterocycles. The molecule has 11 heteroatoms. The standard InChI is InChI=1S/C68H137NO5.C43H89NO4/c1-6-10-13-16-19-22-25-28-30-32-34-36-38-40-42-44-47-50-53-56-59-64(70)67(72)69-63(9-4)62(5)66(61-58-55-52-49-46-27-24-21-18-15-12-8-3)74-68(73)65(71)60-57-54-51-48-45-43-41-39-37-35-33-31-29-26-23-20-17-14-11-7-2;1-4-6-8-10-12-14-16-18-19-20-21-22-23-24-25-27-29-31-33-35-37-42(47)43(48)44-40(38-45)39(3)41(46)36-34-32-30-28-26-17-15-13-11-9-7-5-2/h62-71H,6-61H2,1-5H3;39-48H,4-38H2,1-3H3/q-2;. The van der Waals surface area contributed by atoms with Crippen LogP contribution in [0, 0.1) is 11.8 Å². The van der Waals surface area contributed by atoms with Crippen LogP contribution in [0.2, 0.25) is 0 Å². The van der Waals surface area contributed by atoms with E-state index in [1.807, 2.05) is 6.92 Å². The molecule has 11 nitrogen and oxygen atoms in total. The Kier molecular flexibility index (Phi) is 104. The molecule has 0 aromatic carbocycles. The molecule has 0 heterocycles. The molecule has 122 heavy (non-hydrogen) atoms. The molecule has 0 radical (unpaired) electrons. The molecule has 0 aliphatic carbocycles. The van der Waals surface area contributed by atoms with Gasteiger partial charge in [-0.1, -0.05) is 595 Å². The number of ether oxygens (including phenoxy) is 1. The molecule has 12 unspecified atom stereocenters. The summed E-state index contributed by atoms with van der Waals surface area (Å²) in [6.07, 6.45) is 107. The number of nitrogens with one attached hydrogen (secondary N) is 2. The van der Waals surface area contributed by atoms with Gasteiger partial charge in [0.15, 0.2) is 0 Å². The fourth-order valence-corrected chi connectivity index (χ4v) is 18.8. The zero-order valence-electron chi connectivity index (χ0n) is 84.2. The molecule has 0 bridgehead atoms. The lowest BCUT2D eigenvalue weighted by molar-refractivity contribution is -0.516. The average molecular weight is 1730 g/mol. The molecule has 736 valence electrons. The Bertz CT molecular complexity index is 1890. The van der Waals surface area contributed by atoms with E-state index in [1.165, 1.54) is 475 Å². The summed E-state index contributed by atoms with van der Waals surface area (Å²) in [5, 5.41) is 96.8. The van der Waals surface area contributed by atoms with Crippen molar-refractivity contribution in [1.29, 1.82) is 0 Å². The van der Waals surface area contributed by atoms with Crippen LogP contribution in [0.15, 0.2) is 0 Å². The lowest BCUT2D eigenvalue weighted by atomic mass is 9.89. The van der Waals surface area contributed by atoms with Gasteiger partial charge in [-0.3, -0.25) is 5.32 Å². The van der Waals surface area contributed by atoms with E-state index in [0.29, 0.717) is 19.3 Å². The first-order valence-electron chi connectivity index (χ1n) is 56.3. The summed E-state index contributed by atoms with van der Waals surface area (Å²) < 4.78 is 6.26. The van der Waals surface area contributed by atoms with Crippen molar-refractivity contribution in [2.24, 2.45) is 11.8 Å². The maximum atomic E-state index is 13.5. The molecule has 0 aromatic rings. The maximum absolute atomic E-state index is 13.5. The van der Waals surface area contributed by atoms with Gasteiger partial charge in [-0.15, -0.1) is 0 Å². The lowest BCUT2D eigenvalue weighted by Crippen LogP contribution is -2.57. The third kappa shape index (κ3) is 88.8. The number of aliphatic hydroxyl groups is 6. The van der Waals surface area contributed by atoms with Crippen molar-refractivity contribution < 1.29 is 45.6 Å². The molecule has 0 spiro atoms. The van der Waals surface area contributed by atoms with E-state index >= 15 is 0 Å². The van der Waals surface area contributed by atoms with Gasteiger partial charge in [0.2, 0.25) is 0 Å². The van der Waals surface area contributed by atoms with Gasteiger partial charge < -0.3 is 50.9 Å². The van der Waals surface area contributed by atoms with Crippen molar-refractivity contribution in [3.05, 3.63) is 0 Å². The summed E-state index contributed by atoms with van der Waals surface area (Å²) in [6, 6.07) is -0.602. The van der Waals surface area contributed by atoms with Gasteiger partial charge in [0.25, 0.3) is 0 Å². The van der Waals surface area contributed by atoms with E-state index in [-0.39, 0.29) is 30.6 Å². The smallest absolute Gasteiger partial charge is 0.131 e. The fourth-order valence-electron chi connectivity index (χ4n) is 18.8. The highest BCUT2D eigenvalue weighted by molar-refractivity contribution is 4.84. The Morgan fingerprint density at radius 1 is 0.213 bits per heavy atom. The molecular weight excluding hydrogens is 1510 g/mol. The lowest BCUT2D eigenvalue weighted by Gasteiger charge is -2.41. The topological polar surface area (TPSA) is 201 Å². The van der Waals surface area contributed by atoms with Gasteiger partial charge in [-0.25, -0.2) is 0 Å². The number of rotatable bonds is 104. The SMILES string of the molecule is CCCCCCCCCCCCCCCCCCCCCCC(O)C(O)NC(CO)C(C)C(O)CCCCCCCCCCCCCC.CCCCCCCCCCCCCCCCCCCCCCC(O)C([O-])NC(CC)C(C)C(CCCCCCCCCCCCCC)OC([O-])C(O)CCCCCCCCCCCCCCCCCCCCCC. The Morgan fingerprint density at radius 2 is 0.402 bits per heavy atom. The molecule has 0 fully saturated rings. The Labute approximate surface area is 764 Å². The maximum Gasteiger partial charge on any atom is 0.131 e. The van der Waals surface area contributed by atoms with Crippen LogP contribution in [0.3, 0.4) is 0 Å². The predicted octanol–water partition coefficient (Wildman–Crippen LogP) is 31.9. The quantitative estimate of drug-likeness (QED) is 0.0213. The highest BCUT2D eigenvalue weighted by Gasteiger charge is 2.30. The molecule has 8 N–H and O–H groups in total. The summed E-state index contributed by atoms with van der Waals surface area (Å²) in [5.74, 6) is -0.274. The number of hydrogen-bond acceptors (Lipinski definition) is 11. The second kappa shape index (κ2) is 103. The van der Waals surface area contributed by atoms with E-state index in [0.717, 1.165) is 83.5 Å². The summed E-state index contributed by atoms with van der Waals surface area (Å²) in [7, 11) is 0. The average Bonchev–Trinajstić information content (AvgIpc) is 0.866. The van der Waals surface area contributed by atoms with Crippen LogP contribution < -0.4 is 20.8 Å². The van der Waals surface area contributed by atoms with Crippen LogP contribution in [0.5, 0.6) is 0 Å². The Balaban J connectivity index is 0.